The normalized spacial score (nSPS) is 14.0. The summed E-state index contributed by atoms with van der Waals surface area (Å²) in [5.41, 5.74) is 7.07. The number of primary amides is 1. The molecule has 0 radical (unpaired) electrons. The quantitative estimate of drug-likeness (QED) is 0.693. The number of nitrogens with zero attached hydrogens (tertiary/aromatic N) is 1. The first kappa shape index (κ1) is 23.3. The minimum absolute atomic E-state index is 0. The van der Waals surface area contributed by atoms with Crippen LogP contribution in [-0.2, 0) is 22.8 Å². The first-order valence-corrected chi connectivity index (χ1v) is 11.5. The predicted octanol–water partition coefficient (Wildman–Crippen LogP) is 2.69. The fourth-order valence-electron chi connectivity index (χ4n) is 3.25. The number of sulfone groups is 1. The van der Waals surface area contributed by atoms with Crippen molar-refractivity contribution < 1.29 is 18.0 Å². The zero-order chi connectivity index (χ0) is 20.5. The average Bonchev–Trinajstić information content (AvgIpc) is 3.04. The Morgan fingerprint density at radius 3 is 2.62 bits per heavy atom. The highest BCUT2D eigenvalue weighted by molar-refractivity contribution is 7.91. The molecule has 2 aromatic rings. The number of fused-ring (bicyclic) bond motifs is 1. The first-order valence-electron chi connectivity index (χ1n) is 9.07. The highest BCUT2D eigenvalue weighted by atomic mass is 35.5. The maximum Gasteiger partial charge on any atom is 0.256 e. The van der Waals surface area contributed by atoms with Crippen molar-refractivity contribution in [3.63, 3.8) is 0 Å². The number of nitrogens with two attached hydrogens (primary N) is 1. The van der Waals surface area contributed by atoms with Gasteiger partial charge in [-0.25, -0.2) is 8.42 Å². The molecule has 1 aromatic heterocycles. The van der Waals surface area contributed by atoms with Crippen LogP contribution >= 0.6 is 23.7 Å². The highest BCUT2D eigenvalue weighted by Gasteiger charge is 2.27. The van der Waals surface area contributed by atoms with E-state index in [0.29, 0.717) is 17.0 Å². The smallest absolute Gasteiger partial charge is 0.256 e. The third-order valence-corrected chi connectivity index (χ3v) is 7.76. The SMILES string of the molecule is CCN1CCc2c(sc(NC(=O)c3cccc(S(=O)(=O)CC)c3)c2C(N)=O)C1.Cl. The molecule has 0 aliphatic carbocycles. The predicted molar refractivity (Wildman–Crippen MR) is 117 cm³/mol. The molecule has 10 heteroatoms. The van der Waals surface area contributed by atoms with Gasteiger partial charge in [0, 0.05) is 23.5 Å². The fourth-order valence-corrected chi connectivity index (χ4v) is 5.46. The summed E-state index contributed by atoms with van der Waals surface area (Å²) in [5, 5.41) is 3.18. The molecule has 0 fully saturated rings. The van der Waals surface area contributed by atoms with Gasteiger partial charge < -0.3 is 11.1 Å². The van der Waals surface area contributed by atoms with Crippen LogP contribution in [0.15, 0.2) is 29.2 Å². The Kier molecular flexibility index (Phi) is 7.45. The van der Waals surface area contributed by atoms with Crippen LogP contribution in [0, 0.1) is 0 Å². The molecule has 0 saturated carbocycles. The van der Waals surface area contributed by atoms with Gasteiger partial charge in [-0.2, -0.15) is 0 Å². The van der Waals surface area contributed by atoms with E-state index in [-0.39, 0.29) is 28.6 Å². The average molecular weight is 458 g/mol. The van der Waals surface area contributed by atoms with Crippen LogP contribution in [0.5, 0.6) is 0 Å². The number of nitrogens with one attached hydrogen (secondary N) is 1. The van der Waals surface area contributed by atoms with E-state index in [4.69, 9.17) is 5.73 Å². The van der Waals surface area contributed by atoms with Crippen molar-refractivity contribution in [3.8, 4) is 0 Å². The van der Waals surface area contributed by atoms with E-state index < -0.39 is 21.7 Å². The van der Waals surface area contributed by atoms with Gasteiger partial charge in [-0.05, 0) is 36.7 Å². The molecule has 0 atom stereocenters. The number of halogens is 1. The molecule has 29 heavy (non-hydrogen) atoms. The Morgan fingerprint density at radius 1 is 1.28 bits per heavy atom. The van der Waals surface area contributed by atoms with E-state index >= 15 is 0 Å². The van der Waals surface area contributed by atoms with Crippen molar-refractivity contribution in [2.24, 2.45) is 5.73 Å². The fraction of sp³-hybridized carbons (Fsp3) is 0.368. The minimum atomic E-state index is -3.42. The lowest BCUT2D eigenvalue weighted by Gasteiger charge is -2.25. The molecule has 158 valence electrons. The number of rotatable bonds is 6. The van der Waals surface area contributed by atoms with Crippen LogP contribution < -0.4 is 11.1 Å². The highest BCUT2D eigenvalue weighted by Crippen LogP contribution is 2.37. The van der Waals surface area contributed by atoms with Crippen molar-refractivity contribution in [2.45, 2.75) is 31.7 Å². The number of carbonyl (C=O) groups excluding carboxylic acids is 2. The largest absolute Gasteiger partial charge is 0.365 e. The molecule has 3 N–H and O–H groups in total. The lowest BCUT2D eigenvalue weighted by molar-refractivity contribution is 0.1000. The number of likely N-dealkylation sites (N-methyl/N-ethyl adjacent to an activating group) is 1. The first-order chi connectivity index (χ1) is 13.3. The van der Waals surface area contributed by atoms with E-state index in [2.05, 4.69) is 17.1 Å². The van der Waals surface area contributed by atoms with Gasteiger partial charge in [0.1, 0.15) is 5.00 Å². The molecule has 0 spiro atoms. The molecule has 0 saturated heterocycles. The number of hydrogen-bond acceptors (Lipinski definition) is 6. The molecular weight excluding hydrogens is 434 g/mol. The standard InChI is InChI=1S/C19H23N3O4S2.ClH/c1-3-22-9-8-14-15(11-22)27-19(16(14)17(20)23)21-18(24)12-6-5-7-13(10-12)28(25,26)4-2;/h5-7,10H,3-4,8-9,11H2,1-2H3,(H2,20,23)(H,21,24);1H. The number of hydrogen-bond donors (Lipinski definition) is 2. The van der Waals surface area contributed by atoms with E-state index in [1.54, 1.807) is 13.0 Å². The van der Waals surface area contributed by atoms with Crippen LogP contribution in [0.2, 0.25) is 0 Å². The number of anilines is 1. The van der Waals surface area contributed by atoms with E-state index in [0.717, 1.165) is 30.1 Å². The van der Waals surface area contributed by atoms with Crippen molar-refractivity contribution in [1.82, 2.24) is 4.90 Å². The Labute approximate surface area is 180 Å². The van der Waals surface area contributed by atoms with Gasteiger partial charge in [0.15, 0.2) is 9.84 Å². The Bertz CT molecular complexity index is 1030. The lowest BCUT2D eigenvalue weighted by atomic mass is 10.0. The summed E-state index contributed by atoms with van der Waals surface area (Å²) in [4.78, 5) is 28.1. The van der Waals surface area contributed by atoms with Crippen LogP contribution in [0.1, 0.15) is 45.0 Å². The van der Waals surface area contributed by atoms with Gasteiger partial charge in [0.2, 0.25) is 0 Å². The van der Waals surface area contributed by atoms with Gasteiger partial charge in [0.25, 0.3) is 11.8 Å². The number of thiophene rings is 1. The van der Waals surface area contributed by atoms with Crippen molar-refractivity contribution in [1.29, 1.82) is 0 Å². The van der Waals surface area contributed by atoms with Gasteiger partial charge >= 0.3 is 0 Å². The second kappa shape index (κ2) is 9.25. The Hall–Kier alpha value is -1.94. The molecular formula is C19H24ClN3O4S2. The molecule has 3 rings (SSSR count). The molecule has 1 aromatic carbocycles. The summed E-state index contributed by atoms with van der Waals surface area (Å²) in [5.74, 6) is -1.09. The lowest BCUT2D eigenvalue weighted by Crippen LogP contribution is -2.30. The van der Waals surface area contributed by atoms with Crippen molar-refractivity contribution in [3.05, 3.63) is 45.8 Å². The zero-order valence-corrected chi connectivity index (χ0v) is 18.7. The van der Waals surface area contributed by atoms with Crippen LogP contribution in [0.25, 0.3) is 0 Å². The summed E-state index contributed by atoms with van der Waals surface area (Å²) in [7, 11) is -3.42. The van der Waals surface area contributed by atoms with E-state index in [9.17, 15) is 18.0 Å². The topological polar surface area (TPSA) is 110 Å². The molecule has 2 heterocycles. The molecule has 1 aliphatic heterocycles. The third kappa shape index (κ3) is 4.80. The maximum absolute atomic E-state index is 12.7. The Morgan fingerprint density at radius 2 is 2.00 bits per heavy atom. The zero-order valence-electron chi connectivity index (χ0n) is 16.2. The van der Waals surface area contributed by atoms with Gasteiger partial charge in [-0.15, -0.1) is 23.7 Å². The molecule has 0 bridgehead atoms. The summed E-state index contributed by atoms with van der Waals surface area (Å²) >= 11 is 1.35. The summed E-state index contributed by atoms with van der Waals surface area (Å²) in [6.07, 6.45) is 0.706. The summed E-state index contributed by atoms with van der Waals surface area (Å²) in [6, 6.07) is 5.89. The van der Waals surface area contributed by atoms with Gasteiger partial charge in [-0.1, -0.05) is 19.9 Å². The summed E-state index contributed by atoms with van der Waals surface area (Å²) < 4.78 is 24.1. The van der Waals surface area contributed by atoms with Crippen LogP contribution in [-0.4, -0.2) is 44.0 Å². The van der Waals surface area contributed by atoms with Crippen molar-refractivity contribution >= 4 is 50.4 Å². The minimum Gasteiger partial charge on any atom is -0.365 e. The third-order valence-electron chi connectivity index (χ3n) is 4.89. The molecule has 1 aliphatic rings. The van der Waals surface area contributed by atoms with E-state index in [1.807, 2.05) is 0 Å². The van der Waals surface area contributed by atoms with Crippen LogP contribution in [0.4, 0.5) is 5.00 Å². The van der Waals surface area contributed by atoms with Crippen LogP contribution in [0.3, 0.4) is 0 Å². The molecule has 2 amide bonds. The molecule has 7 nitrogen and oxygen atoms in total. The van der Waals surface area contributed by atoms with Crippen molar-refractivity contribution in [2.75, 3.05) is 24.2 Å². The van der Waals surface area contributed by atoms with E-state index in [1.165, 1.54) is 29.5 Å². The van der Waals surface area contributed by atoms with Gasteiger partial charge in [-0.3, -0.25) is 14.5 Å². The number of benzene rings is 1. The monoisotopic (exact) mass is 457 g/mol. The van der Waals surface area contributed by atoms with Gasteiger partial charge in [0.05, 0.1) is 16.2 Å². The second-order valence-electron chi connectivity index (χ2n) is 6.58. The maximum atomic E-state index is 12.7. The summed E-state index contributed by atoms with van der Waals surface area (Å²) in [6.45, 7) is 6.09. The number of amides is 2. The Balaban J connectivity index is 0.00000300. The number of carbonyl (C=O) groups is 2. The molecule has 0 unspecified atom stereocenters. The second-order valence-corrected chi connectivity index (χ2v) is 9.96.